The van der Waals surface area contributed by atoms with Crippen molar-refractivity contribution < 1.29 is 13.2 Å². The van der Waals surface area contributed by atoms with E-state index in [-0.39, 0.29) is 6.54 Å². The molecule has 0 aromatic rings. The van der Waals surface area contributed by atoms with Gasteiger partial charge in [0.1, 0.15) is 6.04 Å². The molecule has 5 heteroatoms. The molecule has 0 radical (unpaired) electrons. The summed E-state index contributed by atoms with van der Waals surface area (Å²) in [6, 6.07) is -1.40. The third-order valence-electron chi connectivity index (χ3n) is 1.40. The Labute approximate surface area is 64.4 Å². The van der Waals surface area contributed by atoms with Gasteiger partial charge in [-0.15, -0.1) is 0 Å². The van der Waals surface area contributed by atoms with E-state index in [4.69, 9.17) is 0 Å². The van der Waals surface area contributed by atoms with E-state index in [1.807, 2.05) is 0 Å². The highest BCUT2D eigenvalue weighted by atomic mass is 19.4. The van der Waals surface area contributed by atoms with Crippen molar-refractivity contribution in [2.45, 2.75) is 12.2 Å². The van der Waals surface area contributed by atoms with Crippen LogP contribution in [0, 0.1) is 0 Å². The Bertz CT molecular complexity index is 111. The fraction of sp³-hybridized carbons (Fsp3) is 1.00. The van der Waals surface area contributed by atoms with Crippen LogP contribution in [0.15, 0.2) is 0 Å². The molecule has 0 heterocycles. The minimum atomic E-state index is -4.15. The van der Waals surface area contributed by atoms with Crippen molar-refractivity contribution in [2.24, 2.45) is 0 Å². The number of halogens is 3. The Balaban J connectivity index is 4.10. The van der Waals surface area contributed by atoms with E-state index in [0.29, 0.717) is 0 Å². The molecule has 1 atom stereocenters. The van der Waals surface area contributed by atoms with Crippen LogP contribution in [-0.2, 0) is 0 Å². The van der Waals surface area contributed by atoms with E-state index in [1.54, 1.807) is 0 Å². The Morgan fingerprint density at radius 1 is 1.36 bits per heavy atom. The Morgan fingerprint density at radius 2 is 1.82 bits per heavy atom. The first-order valence-corrected chi connectivity index (χ1v) is 3.27. The summed E-state index contributed by atoms with van der Waals surface area (Å²) in [6.07, 6.45) is -4.15. The summed E-state index contributed by atoms with van der Waals surface area (Å²) in [7, 11) is 4.33. The lowest BCUT2D eigenvalue weighted by Crippen LogP contribution is -2.47. The van der Waals surface area contributed by atoms with Crippen LogP contribution in [0.2, 0.25) is 0 Å². The van der Waals surface area contributed by atoms with E-state index in [0.717, 1.165) is 4.90 Å². The molecule has 0 aliphatic heterocycles. The highest BCUT2D eigenvalue weighted by molar-refractivity contribution is 4.76. The predicted molar refractivity (Wildman–Crippen MR) is 37.5 cm³/mol. The first kappa shape index (κ1) is 10.7. The van der Waals surface area contributed by atoms with Crippen molar-refractivity contribution in [3.05, 3.63) is 0 Å². The third-order valence-corrected chi connectivity index (χ3v) is 1.40. The zero-order valence-corrected chi connectivity index (χ0v) is 6.87. The van der Waals surface area contributed by atoms with E-state index < -0.39 is 12.2 Å². The highest BCUT2D eigenvalue weighted by Gasteiger charge is 2.40. The second-order valence-corrected chi connectivity index (χ2v) is 2.58. The monoisotopic (exact) mass is 170 g/mol. The standard InChI is InChI=1S/C6H13F3N2/c1-10-4-5(11(2)3)6(7,8)9/h5,10H,4H2,1-3H3. The minimum absolute atomic E-state index is 0.0729. The summed E-state index contributed by atoms with van der Waals surface area (Å²) in [5.41, 5.74) is 0. The molecule has 0 saturated heterocycles. The number of nitrogens with zero attached hydrogens (tertiary/aromatic N) is 1. The van der Waals surface area contributed by atoms with Crippen molar-refractivity contribution in [3.8, 4) is 0 Å². The molecule has 0 aromatic carbocycles. The maximum Gasteiger partial charge on any atom is 0.405 e. The van der Waals surface area contributed by atoms with Gasteiger partial charge >= 0.3 is 6.18 Å². The summed E-state index contributed by atoms with van der Waals surface area (Å²) < 4.78 is 36.2. The first-order chi connectivity index (χ1) is 4.89. The maximum atomic E-state index is 12.1. The Morgan fingerprint density at radius 3 is 1.91 bits per heavy atom. The van der Waals surface area contributed by atoms with E-state index >= 15 is 0 Å². The lowest BCUT2D eigenvalue weighted by molar-refractivity contribution is -0.175. The fourth-order valence-corrected chi connectivity index (χ4v) is 0.784. The zero-order chi connectivity index (χ0) is 9.07. The molecular weight excluding hydrogens is 157 g/mol. The van der Waals surface area contributed by atoms with Gasteiger partial charge in [-0.25, -0.2) is 0 Å². The van der Waals surface area contributed by atoms with Gasteiger partial charge in [0.25, 0.3) is 0 Å². The molecule has 0 aliphatic rings. The van der Waals surface area contributed by atoms with Gasteiger partial charge in [0.15, 0.2) is 0 Å². The summed E-state index contributed by atoms with van der Waals surface area (Å²) >= 11 is 0. The van der Waals surface area contributed by atoms with Crippen molar-refractivity contribution in [1.82, 2.24) is 10.2 Å². The molecule has 0 rings (SSSR count). The molecule has 68 valence electrons. The van der Waals surface area contributed by atoms with Crippen molar-refractivity contribution in [3.63, 3.8) is 0 Å². The number of hydrogen-bond acceptors (Lipinski definition) is 2. The fourth-order valence-electron chi connectivity index (χ4n) is 0.784. The molecule has 1 N–H and O–H groups in total. The molecular formula is C6H13F3N2. The summed E-state index contributed by atoms with van der Waals surface area (Å²) in [4.78, 5) is 1.15. The highest BCUT2D eigenvalue weighted by Crippen LogP contribution is 2.22. The molecule has 1 unspecified atom stereocenters. The molecule has 0 aromatic heterocycles. The number of nitrogens with one attached hydrogen (secondary N) is 1. The van der Waals surface area contributed by atoms with Crippen LogP contribution in [-0.4, -0.2) is 44.8 Å². The van der Waals surface area contributed by atoms with E-state index in [9.17, 15) is 13.2 Å². The van der Waals surface area contributed by atoms with Gasteiger partial charge in [0, 0.05) is 6.54 Å². The van der Waals surface area contributed by atoms with E-state index in [2.05, 4.69) is 5.32 Å². The number of alkyl halides is 3. The van der Waals surface area contributed by atoms with Crippen LogP contribution in [0.1, 0.15) is 0 Å². The summed E-state index contributed by atoms with van der Waals surface area (Å²) in [5.74, 6) is 0. The third kappa shape index (κ3) is 3.57. The van der Waals surface area contributed by atoms with Crippen LogP contribution >= 0.6 is 0 Å². The lowest BCUT2D eigenvalue weighted by Gasteiger charge is -2.26. The molecule has 0 aliphatic carbocycles. The number of rotatable bonds is 3. The van der Waals surface area contributed by atoms with E-state index in [1.165, 1.54) is 21.1 Å². The Kier molecular flexibility index (Phi) is 3.82. The topological polar surface area (TPSA) is 15.3 Å². The van der Waals surface area contributed by atoms with Crippen LogP contribution in [0.25, 0.3) is 0 Å². The van der Waals surface area contributed by atoms with Gasteiger partial charge in [-0.1, -0.05) is 0 Å². The SMILES string of the molecule is CNCC(N(C)C)C(F)(F)F. The molecule has 0 saturated carbocycles. The van der Waals surface area contributed by atoms with Crippen molar-refractivity contribution in [2.75, 3.05) is 27.7 Å². The molecule has 0 fully saturated rings. The van der Waals surface area contributed by atoms with Gasteiger partial charge in [-0.05, 0) is 21.1 Å². The molecule has 2 nitrogen and oxygen atoms in total. The summed E-state index contributed by atoms with van der Waals surface area (Å²) in [6.45, 7) is -0.0729. The summed E-state index contributed by atoms with van der Waals surface area (Å²) in [5, 5.41) is 2.49. The van der Waals surface area contributed by atoms with Crippen molar-refractivity contribution in [1.29, 1.82) is 0 Å². The largest absolute Gasteiger partial charge is 0.405 e. The number of likely N-dealkylation sites (N-methyl/N-ethyl adjacent to an activating group) is 2. The normalized spacial score (nSPS) is 15.5. The van der Waals surface area contributed by atoms with Crippen LogP contribution in [0.3, 0.4) is 0 Å². The van der Waals surface area contributed by atoms with Gasteiger partial charge in [-0.2, -0.15) is 13.2 Å². The van der Waals surface area contributed by atoms with Crippen LogP contribution < -0.4 is 5.32 Å². The quantitative estimate of drug-likeness (QED) is 0.670. The first-order valence-electron chi connectivity index (χ1n) is 3.27. The average Bonchev–Trinajstić information content (AvgIpc) is 1.79. The molecule has 0 bridgehead atoms. The van der Waals surface area contributed by atoms with Gasteiger partial charge in [0.2, 0.25) is 0 Å². The molecule has 0 spiro atoms. The second-order valence-electron chi connectivity index (χ2n) is 2.58. The molecule has 11 heavy (non-hydrogen) atoms. The number of hydrogen-bond donors (Lipinski definition) is 1. The van der Waals surface area contributed by atoms with Crippen molar-refractivity contribution >= 4 is 0 Å². The predicted octanol–water partition coefficient (Wildman–Crippen LogP) is 0.698. The maximum absolute atomic E-state index is 12.1. The second kappa shape index (κ2) is 3.92. The van der Waals surface area contributed by atoms with Gasteiger partial charge in [0.05, 0.1) is 0 Å². The van der Waals surface area contributed by atoms with Gasteiger partial charge < -0.3 is 5.32 Å². The smallest absolute Gasteiger partial charge is 0.318 e. The lowest BCUT2D eigenvalue weighted by atomic mass is 10.2. The Hall–Kier alpha value is -0.290. The minimum Gasteiger partial charge on any atom is -0.318 e. The van der Waals surface area contributed by atoms with Gasteiger partial charge in [-0.3, -0.25) is 4.90 Å². The van der Waals surface area contributed by atoms with Crippen LogP contribution in [0.4, 0.5) is 13.2 Å². The molecule has 0 amide bonds. The zero-order valence-electron chi connectivity index (χ0n) is 6.87. The van der Waals surface area contributed by atoms with Crippen LogP contribution in [0.5, 0.6) is 0 Å². The average molecular weight is 170 g/mol.